The molecule has 2 N–H and O–H groups in total. The molecule has 0 unspecified atom stereocenters. The molecule has 0 amide bonds. The molecule has 0 aromatic heterocycles. The van der Waals surface area contributed by atoms with E-state index in [0.717, 1.165) is 5.82 Å². The van der Waals surface area contributed by atoms with E-state index in [0.29, 0.717) is 11.8 Å². The lowest BCUT2D eigenvalue weighted by Crippen LogP contribution is -2.22. The van der Waals surface area contributed by atoms with Gasteiger partial charge in [0, 0.05) is 12.4 Å². The topological polar surface area (TPSA) is 48.8 Å². The van der Waals surface area contributed by atoms with Gasteiger partial charge in [0.05, 0.1) is 0 Å². The highest BCUT2D eigenvalue weighted by Crippen LogP contribution is 2.22. The van der Waals surface area contributed by atoms with E-state index in [1.165, 1.54) is 69.8 Å². The van der Waals surface area contributed by atoms with Gasteiger partial charge < -0.3 is 0 Å². The summed E-state index contributed by atoms with van der Waals surface area (Å²) in [4.78, 5) is 0. The van der Waals surface area contributed by atoms with Crippen LogP contribution in [-0.2, 0) is 0 Å². The summed E-state index contributed by atoms with van der Waals surface area (Å²) in [5, 5.41) is 8.83. The Balaban J connectivity index is 1.76. The maximum Gasteiger partial charge on any atom is 0.138 e. The van der Waals surface area contributed by atoms with Gasteiger partial charge >= 0.3 is 0 Å². The number of nitrogens with zero attached hydrogens (tertiary/aromatic N) is 2. The Morgan fingerprint density at radius 2 is 1.14 bits per heavy atom. The van der Waals surface area contributed by atoms with Crippen molar-refractivity contribution in [2.75, 3.05) is 0 Å². The lowest BCUT2D eigenvalue weighted by atomic mass is 9.90. The summed E-state index contributed by atoms with van der Waals surface area (Å²) in [7, 11) is 0. The maximum absolute atomic E-state index is 4.41. The summed E-state index contributed by atoms with van der Waals surface area (Å²) < 4.78 is 0. The molecule has 0 heterocycles. The average molecular weight is 304 g/mol. The van der Waals surface area contributed by atoms with Gasteiger partial charge in [0.25, 0.3) is 0 Å². The summed E-state index contributed by atoms with van der Waals surface area (Å²) in [5.41, 5.74) is 7.42. The number of allylic oxidation sites excluding steroid dienone is 1. The van der Waals surface area contributed by atoms with Crippen LogP contribution in [0.4, 0.5) is 0 Å². The Bertz CT molecular complexity index is 363. The van der Waals surface area contributed by atoms with Crippen LogP contribution in [0, 0.1) is 11.8 Å². The number of nitrogens with one attached hydrogen (secondary N) is 2. The Kier molecular flexibility index (Phi) is 7.47. The molecule has 2 rings (SSSR count). The Labute approximate surface area is 135 Å². The quantitative estimate of drug-likeness (QED) is 0.558. The molecule has 124 valence electrons. The first-order chi connectivity index (χ1) is 10.8. The van der Waals surface area contributed by atoms with Crippen molar-refractivity contribution in [2.45, 2.75) is 78.1 Å². The molecule has 2 fully saturated rings. The van der Waals surface area contributed by atoms with Gasteiger partial charge in [0.1, 0.15) is 5.82 Å². The molecule has 2 aliphatic carbocycles. The second-order valence-corrected chi connectivity index (χ2v) is 6.95. The molecule has 0 saturated heterocycles. The molecule has 0 aromatic carbocycles. The summed E-state index contributed by atoms with van der Waals surface area (Å²) in [5.74, 6) is 2.19. The summed E-state index contributed by atoms with van der Waals surface area (Å²) in [6, 6.07) is 0. The van der Waals surface area contributed by atoms with Crippen molar-refractivity contribution in [1.29, 1.82) is 0 Å². The number of hydrazone groups is 2. The summed E-state index contributed by atoms with van der Waals surface area (Å²) in [6.45, 7) is 4.14. The van der Waals surface area contributed by atoms with Crippen LogP contribution in [0.15, 0.2) is 21.6 Å². The zero-order chi connectivity index (χ0) is 15.6. The van der Waals surface area contributed by atoms with Crippen LogP contribution in [0.2, 0.25) is 0 Å². The molecule has 2 aliphatic rings. The highest BCUT2D eigenvalue weighted by molar-refractivity contribution is 5.61. The number of rotatable bonds is 6. The van der Waals surface area contributed by atoms with Crippen LogP contribution in [0.3, 0.4) is 0 Å². The molecule has 0 spiro atoms. The van der Waals surface area contributed by atoms with Gasteiger partial charge in [-0.3, -0.25) is 10.9 Å². The minimum atomic E-state index is 0.644. The zero-order valence-corrected chi connectivity index (χ0v) is 14.3. The monoisotopic (exact) mass is 304 g/mol. The van der Waals surface area contributed by atoms with Gasteiger partial charge in [-0.25, -0.2) is 0 Å². The molecular weight excluding hydrogens is 272 g/mol. The van der Waals surface area contributed by atoms with Gasteiger partial charge in [-0.2, -0.15) is 10.2 Å². The minimum absolute atomic E-state index is 0.644. The first kappa shape index (κ1) is 17.0. The summed E-state index contributed by atoms with van der Waals surface area (Å²) in [6.07, 6.45) is 17.4. The first-order valence-corrected chi connectivity index (χ1v) is 9.01. The smallest absolute Gasteiger partial charge is 0.138 e. The van der Waals surface area contributed by atoms with E-state index in [-0.39, 0.29) is 0 Å². The van der Waals surface area contributed by atoms with Gasteiger partial charge in [0.2, 0.25) is 0 Å². The second-order valence-electron chi connectivity index (χ2n) is 6.95. The Morgan fingerprint density at radius 3 is 1.50 bits per heavy atom. The number of hydrogen-bond donors (Lipinski definition) is 2. The van der Waals surface area contributed by atoms with Gasteiger partial charge in [0.15, 0.2) is 0 Å². The van der Waals surface area contributed by atoms with E-state index >= 15 is 0 Å². The molecule has 2 saturated carbocycles. The molecule has 0 bridgehead atoms. The predicted octanol–water partition coefficient (Wildman–Crippen LogP) is 4.55. The SMILES string of the molecule is CC(C)=C(N/N=C/C1CCCCC1)N/N=C/C1CCCCC1. The highest BCUT2D eigenvalue weighted by Gasteiger charge is 2.11. The first-order valence-electron chi connectivity index (χ1n) is 9.01. The fourth-order valence-electron chi connectivity index (χ4n) is 3.23. The normalized spacial score (nSPS) is 21.4. The van der Waals surface area contributed by atoms with Crippen molar-refractivity contribution >= 4 is 12.4 Å². The van der Waals surface area contributed by atoms with E-state index in [1.54, 1.807) is 0 Å². The van der Waals surface area contributed by atoms with E-state index in [9.17, 15) is 0 Å². The molecule has 0 aliphatic heterocycles. The lowest BCUT2D eigenvalue weighted by Gasteiger charge is -2.18. The molecule has 4 heteroatoms. The van der Waals surface area contributed by atoms with Crippen molar-refractivity contribution in [3.8, 4) is 0 Å². The maximum atomic E-state index is 4.41. The third kappa shape index (κ3) is 6.20. The Hall–Kier alpha value is -1.32. The van der Waals surface area contributed by atoms with Crippen LogP contribution in [0.5, 0.6) is 0 Å². The molecule has 4 nitrogen and oxygen atoms in total. The van der Waals surface area contributed by atoms with Crippen LogP contribution in [-0.4, -0.2) is 12.4 Å². The standard InChI is InChI=1S/C18H32N4/c1-15(2)18(21-19-13-16-9-5-3-6-10-16)22-20-14-17-11-7-4-8-12-17/h13-14,16-17,21-22H,3-12H2,1-2H3/b19-13+,20-14+. The van der Waals surface area contributed by atoms with Crippen molar-refractivity contribution in [3.63, 3.8) is 0 Å². The lowest BCUT2D eigenvalue weighted by molar-refractivity contribution is 0.442. The van der Waals surface area contributed by atoms with Crippen LogP contribution in [0.1, 0.15) is 78.1 Å². The second kappa shape index (κ2) is 9.65. The molecule has 0 atom stereocenters. The van der Waals surface area contributed by atoms with Gasteiger partial charge in [-0.1, -0.05) is 38.5 Å². The fraction of sp³-hybridized carbons (Fsp3) is 0.778. The van der Waals surface area contributed by atoms with E-state index in [2.05, 4.69) is 47.3 Å². The average Bonchev–Trinajstić information content (AvgIpc) is 2.55. The van der Waals surface area contributed by atoms with E-state index in [4.69, 9.17) is 0 Å². The highest BCUT2D eigenvalue weighted by atomic mass is 15.4. The zero-order valence-electron chi connectivity index (χ0n) is 14.3. The van der Waals surface area contributed by atoms with Crippen molar-refractivity contribution in [2.24, 2.45) is 22.0 Å². The molecular formula is C18H32N4. The number of hydrogen-bond acceptors (Lipinski definition) is 4. The van der Waals surface area contributed by atoms with Crippen LogP contribution >= 0.6 is 0 Å². The van der Waals surface area contributed by atoms with Crippen molar-refractivity contribution in [3.05, 3.63) is 11.4 Å². The summed E-state index contributed by atoms with van der Waals surface area (Å²) >= 11 is 0. The van der Waals surface area contributed by atoms with E-state index < -0.39 is 0 Å². The van der Waals surface area contributed by atoms with Gasteiger partial charge in [-0.05, 0) is 56.9 Å². The third-order valence-electron chi connectivity index (χ3n) is 4.72. The molecule has 0 aromatic rings. The van der Waals surface area contributed by atoms with Crippen LogP contribution in [0.25, 0.3) is 0 Å². The molecule has 0 radical (unpaired) electrons. The van der Waals surface area contributed by atoms with Crippen LogP contribution < -0.4 is 10.9 Å². The van der Waals surface area contributed by atoms with E-state index in [1.807, 2.05) is 0 Å². The predicted molar refractivity (Wildman–Crippen MR) is 94.8 cm³/mol. The Morgan fingerprint density at radius 1 is 0.727 bits per heavy atom. The minimum Gasteiger partial charge on any atom is -0.262 e. The van der Waals surface area contributed by atoms with Crippen molar-refractivity contribution < 1.29 is 0 Å². The fourth-order valence-corrected chi connectivity index (χ4v) is 3.23. The molecule has 22 heavy (non-hydrogen) atoms. The third-order valence-corrected chi connectivity index (χ3v) is 4.72. The largest absolute Gasteiger partial charge is 0.262 e. The van der Waals surface area contributed by atoms with Gasteiger partial charge in [-0.15, -0.1) is 0 Å². The van der Waals surface area contributed by atoms with Crippen molar-refractivity contribution in [1.82, 2.24) is 10.9 Å².